The van der Waals surface area contributed by atoms with E-state index >= 15 is 0 Å². The van der Waals surface area contributed by atoms with Crippen molar-refractivity contribution >= 4 is 29.1 Å². The van der Waals surface area contributed by atoms with Gasteiger partial charge in [0, 0.05) is 11.1 Å². The molecule has 34 heavy (non-hydrogen) atoms. The maximum atomic E-state index is 14.3. The van der Waals surface area contributed by atoms with E-state index in [2.05, 4.69) is 59.4 Å². The van der Waals surface area contributed by atoms with Crippen molar-refractivity contribution in [3.8, 4) is 23.0 Å². The summed E-state index contributed by atoms with van der Waals surface area (Å²) in [6, 6.07) is 17.1. The molecule has 0 amide bonds. The van der Waals surface area contributed by atoms with E-state index in [-0.39, 0.29) is 0 Å². The quantitative estimate of drug-likeness (QED) is 0.215. The number of hydrogen-bond donors (Lipinski definition) is 0. The van der Waals surface area contributed by atoms with E-state index in [0.717, 1.165) is 46.6 Å². The van der Waals surface area contributed by atoms with Gasteiger partial charge < -0.3 is 0 Å². The SMILES string of the molecule is Fc1cc(-c2ccc3c(c2)CCC(C#Cc2ccc(CC4CCC4)cc2)=C3)cc(F)c1N=C=S. The molecule has 0 aliphatic heterocycles. The van der Waals surface area contributed by atoms with Gasteiger partial charge in [0.25, 0.3) is 0 Å². The van der Waals surface area contributed by atoms with Gasteiger partial charge in [-0.25, -0.2) is 8.78 Å². The minimum absolute atomic E-state index is 0.407. The Kier molecular flexibility index (Phi) is 6.50. The lowest BCUT2D eigenvalue weighted by Crippen LogP contribution is -2.13. The minimum atomic E-state index is -0.751. The lowest BCUT2D eigenvalue weighted by molar-refractivity contribution is 0.314. The minimum Gasteiger partial charge on any atom is -0.204 e. The van der Waals surface area contributed by atoms with E-state index in [0.29, 0.717) is 5.56 Å². The molecule has 5 rings (SSSR count). The van der Waals surface area contributed by atoms with Gasteiger partial charge in [0.15, 0.2) is 11.6 Å². The van der Waals surface area contributed by atoms with Crippen molar-refractivity contribution in [3.05, 3.63) is 94.1 Å². The largest absolute Gasteiger partial charge is 0.204 e. The van der Waals surface area contributed by atoms with Gasteiger partial charge in [-0.3, -0.25) is 0 Å². The van der Waals surface area contributed by atoms with Crippen LogP contribution < -0.4 is 0 Å². The molecule has 2 aliphatic rings. The first-order valence-electron chi connectivity index (χ1n) is 11.6. The molecule has 0 aromatic heterocycles. The fourth-order valence-corrected chi connectivity index (χ4v) is 4.65. The van der Waals surface area contributed by atoms with Crippen molar-refractivity contribution in [2.75, 3.05) is 0 Å². The molecule has 0 saturated heterocycles. The van der Waals surface area contributed by atoms with Crippen LogP contribution in [-0.4, -0.2) is 5.16 Å². The molecule has 0 unspecified atom stereocenters. The number of nitrogens with zero attached hydrogens (tertiary/aromatic N) is 1. The van der Waals surface area contributed by atoms with Gasteiger partial charge in [0.2, 0.25) is 0 Å². The Morgan fingerprint density at radius 2 is 1.65 bits per heavy atom. The molecule has 1 saturated carbocycles. The van der Waals surface area contributed by atoms with Gasteiger partial charge in [0.1, 0.15) is 5.69 Å². The normalized spacial score (nSPS) is 14.7. The third-order valence-corrected chi connectivity index (χ3v) is 6.81. The van der Waals surface area contributed by atoms with Crippen LogP contribution >= 0.6 is 12.2 Å². The maximum Gasteiger partial charge on any atom is 0.153 e. The summed E-state index contributed by atoms with van der Waals surface area (Å²) < 4.78 is 28.5. The number of benzene rings is 3. The number of hydrogen-bond acceptors (Lipinski definition) is 2. The van der Waals surface area contributed by atoms with Crippen molar-refractivity contribution in [3.63, 3.8) is 0 Å². The van der Waals surface area contributed by atoms with Crippen LogP contribution in [-0.2, 0) is 12.8 Å². The molecule has 2 aliphatic carbocycles. The van der Waals surface area contributed by atoms with E-state index in [9.17, 15) is 8.78 Å². The average Bonchev–Trinajstić information content (AvgIpc) is 2.82. The summed E-state index contributed by atoms with van der Waals surface area (Å²) in [5, 5.41) is 2.01. The van der Waals surface area contributed by atoms with Gasteiger partial charge in [-0.15, -0.1) is 0 Å². The number of halogens is 2. The molecule has 4 heteroatoms. The lowest BCUT2D eigenvalue weighted by Gasteiger charge is -2.25. The van der Waals surface area contributed by atoms with Crippen LogP contribution in [0.25, 0.3) is 17.2 Å². The highest BCUT2D eigenvalue weighted by molar-refractivity contribution is 7.78. The number of rotatable bonds is 4. The smallest absolute Gasteiger partial charge is 0.153 e. The third kappa shape index (κ3) is 4.92. The molecule has 168 valence electrons. The summed E-state index contributed by atoms with van der Waals surface area (Å²) in [6.07, 6.45) is 9.07. The van der Waals surface area contributed by atoms with Crippen LogP contribution in [0, 0.1) is 29.4 Å². The van der Waals surface area contributed by atoms with Crippen LogP contribution in [0.5, 0.6) is 0 Å². The molecule has 0 spiro atoms. The zero-order valence-corrected chi connectivity index (χ0v) is 19.5. The van der Waals surface area contributed by atoms with Crippen molar-refractivity contribution in [2.45, 2.75) is 38.5 Å². The predicted molar refractivity (Wildman–Crippen MR) is 137 cm³/mol. The number of fused-ring (bicyclic) bond motifs is 1. The van der Waals surface area contributed by atoms with E-state index in [1.165, 1.54) is 43.4 Å². The molecule has 0 bridgehead atoms. The van der Waals surface area contributed by atoms with Crippen LogP contribution in [0.2, 0.25) is 0 Å². The summed E-state index contributed by atoms with van der Waals surface area (Å²) >= 11 is 4.46. The zero-order valence-electron chi connectivity index (χ0n) is 18.7. The second-order valence-corrected chi connectivity index (χ2v) is 9.21. The Bertz CT molecular complexity index is 1360. The molecule has 1 fully saturated rings. The fourth-order valence-electron chi connectivity index (χ4n) is 4.56. The number of allylic oxidation sites excluding steroid dienone is 1. The summed E-state index contributed by atoms with van der Waals surface area (Å²) in [6.45, 7) is 0. The Labute approximate surface area is 204 Å². The third-order valence-electron chi connectivity index (χ3n) is 6.71. The first kappa shape index (κ1) is 22.4. The monoisotopic (exact) mass is 467 g/mol. The van der Waals surface area contributed by atoms with Crippen LogP contribution in [0.15, 0.2) is 65.2 Å². The summed E-state index contributed by atoms with van der Waals surface area (Å²) in [5.74, 6) is 5.99. The fraction of sp³-hybridized carbons (Fsp3) is 0.233. The molecule has 0 radical (unpaired) electrons. The predicted octanol–water partition coefficient (Wildman–Crippen LogP) is 8.09. The molecule has 0 atom stereocenters. The van der Waals surface area contributed by atoms with Crippen LogP contribution in [0.1, 0.15) is 47.9 Å². The number of thiocarbonyl (C=S) groups is 1. The second-order valence-electron chi connectivity index (χ2n) is 9.02. The Balaban J connectivity index is 1.33. The first-order chi connectivity index (χ1) is 16.6. The molecule has 3 aromatic rings. The Morgan fingerprint density at radius 3 is 2.32 bits per heavy atom. The number of aliphatic imine (C=N–C) groups is 1. The molecular weight excluding hydrogens is 444 g/mol. The molecular formula is C30H23F2NS. The van der Waals surface area contributed by atoms with Crippen LogP contribution in [0.3, 0.4) is 0 Å². The Hall–Kier alpha value is -3.38. The van der Waals surface area contributed by atoms with Crippen molar-refractivity contribution in [1.82, 2.24) is 0 Å². The molecule has 0 N–H and O–H groups in total. The molecule has 1 nitrogen and oxygen atoms in total. The summed E-state index contributed by atoms with van der Waals surface area (Å²) in [7, 11) is 0. The van der Waals surface area contributed by atoms with Crippen molar-refractivity contribution < 1.29 is 8.78 Å². The van der Waals surface area contributed by atoms with E-state index in [1.807, 2.05) is 23.4 Å². The van der Waals surface area contributed by atoms with Gasteiger partial charge in [-0.2, -0.15) is 4.99 Å². The molecule has 0 heterocycles. The number of aryl methyl sites for hydroxylation is 1. The number of isothiocyanates is 1. The standard InChI is InChI=1S/C30H23F2NS/c31-28-17-27(18-29(32)30(28)33-19-34)26-13-12-24-15-23(10-11-25(24)16-26)9-6-20-4-7-22(8-5-20)14-21-2-1-3-21/h4-5,7-8,12-13,15-18,21H,1-3,10-11,14H2. The van der Waals surface area contributed by atoms with Gasteiger partial charge >= 0.3 is 0 Å². The van der Waals surface area contributed by atoms with Crippen molar-refractivity contribution in [2.24, 2.45) is 10.9 Å². The zero-order chi connectivity index (χ0) is 23.5. The van der Waals surface area contributed by atoms with E-state index in [4.69, 9.17) is 0 Å². The Morgan fingerprint density at radius 1 is 0.882 bits per heavy atom. The van der Waals surface area contributed by atoms with Gasteiger partial charge in [0.05, 0.1) is 5.16 Å². The average molecular weight is 468 g/mol. The summed E-state index contributed by atoms with van der Waals surface area (Å²) in [5.41, 5.74) is 6.59. The summed E-state index contributed by atoms with van der Waals surface area (Å²) in [4.78, 5) is 3.47. The maximum absolute atomic E-state index is 14.3. The topological polar surface area (TPSA) is 12.4 Å². The highest BCUT2D eigenvalue weighted by atomic mass is 32.1. The van der Waals surface area contributed by atoms with E-state index < -0.39 is 17.3 Å². The van der Waals surface area contributed by atoms with Crippen LogP contribution in [0.4, 0.5) is 14.5 Å². The highest BCUT2D eigenvalue weighted by Gasteiger charge is 2.17. The molecule has 3 aromatic carbocycles. The lowest BCUT2D eigenvalue weighted by atomic mass is 9.81. The second kappa shape index (κ2) is 9.85. The van der Waals surface area contributed by atoms with E-state index in [1.54, 1.807) is 0 Å². The van der Waals surface area contributed by atoms with Crippen molar-refractivity contribution in [1.29, 1.82) is 0 Å². The van der Waals surface area contributed by atoms with Gasteiger partial charge in [-0.05, 0) is 95.6 Å². The highest BCUT2D eigenvalue weighted by Crippen LogP contribution is 2.33. The van der Waals surface area contributed by atoms with Gasteiger partial charge in [-0.1, -0.05) is 61.4 Å². The first-order valence-corrected chi connectivity index (χ1v) is 12.0.